The molecule has 0 aliphatic rings. The van der Waals surface area contributed by atoms with Crippen LogP contribution in [0.3, 0.4) is 0 Å². The van der Waals surface area contributed by atoms with Gasteiger partial charge in [-0.2, -0.15) is 0 Å². The molecule has 0 saturated heterocycles. The van der Waals surface area contributed by atoms with Crippen LogP contribution in [0.15, 0.2) is 0 Å². The molecule has 0 rings (SSSR count). The quantitative estimate of drug-likeness (QED) is 0.334. The molecule has 0 N–H and O–H groups in total. The molecule has 0 saturated carbocycles. The Hall–Kier alpha value is -0.476. The van der Waals surface area contributed by atoms with Crippen molar-refractivity contribution in [2.45, 2.75) is 34.6 Å². The predicted molar refractivity (Wildman–Crippen MR) is 54.9 cm³/mol. The Morgan fingerprint density at radius 2 is 1.31 bits per heavy atom. The second kappa shape index (κ2) is 7.74. The van der Waals surface area contributed by atoms with E-state index in [1.54, 1.807) is 0 Å². The van der Waals surface area contributed by atoms with Crippen molar-refractivity contribution in [1.82, 2.24) is 0 Å². The van der Waals surface area contributed by atoms with Crippen molar-refractivity contribution in [3.05, 3.63) is 0 Å². The smallest absolute Gasteiger partial charge is 0.382 e. The largest absolute Gasteiger partial charge is 0.387 e. The fourth-order valence-electron chi connectivity index (χ4n) is 1.69. The van der Waals surface area contributed by atoms with Crippen LogP contribution in [0.1, 0.15) is 34.6 Å². The number of carbonyl (C=O) groups excluding carboxylic acids is 3. The molecule has 0 amide bonds. The van der Waals surface area contributed by atoms with Crippen LogP contribution in [0.25, 0.3) is 0 Å². The minimum absolute atomic E-state index is 0. The predicted octanol–water partition coefficient (Wildman–Crippen LogP) is 1.57. The van der Waals surface area contributed by atoms with Crippen LogP contribution < -0.4 is 0 Å². The van der Waals surface area contributed by atoms with E-state index in [2.05, 4.69) is 4.74 Å². The van der Waals surface area contributed by atoms with E-state index in [0.717, 1.165) is 6.92 Å². The van der Waals surface area contributed by atoms with Crippen molar-refractivity contribution >= 4 is 17.7 Å². The van der Waals surface area contributed by atoms with Gasteiger partial charge in [-0.25, -0.2) is 4.79 Å². The maximum atomic E-state index is 11.6. The molecule has 0 spiro atoms. The van der Waals surface area contributed by atoms with E-state index in [1.807, 2.05) is 27.7 Å². The molecule has 0 aliphatic heterocycles. The molecule has 0 aromatic carbocycles. The van der Waals surface area contributed by atoms with Crippen LogP contribution in [-0.4, -0.2) is 17.7 Å². The summed E-state index contributed by atoms with van der Waals surface area (Å²) in [7, 11) is 0. The Morgan fingerprint density at radius 1 is 0.938 bits per heavy atom. The van der Waals surface area contributed by atoms with E-state index in [-0.39, 0.29) is 33.6 Å². The van der Waals surface area contributed by atoms with Crippen molar-refractivity contribution in [2.24, 2.45) is 17.8 Å². The number of hydrogen-bond donors (Lipinski definition) is 0. The van der Waals surface area contributed by atoms with Crippen molar-refractivity contribution < 1.29 is 40.8 Å². The van der Waals surface area contributed by atoms with Gasteiger partial charge in [0, 0.05) is 34.6 Å². The summed E-state index contributed by atoms with van der Waals surface area (Å²) in [5, 5.41) is 0. The van der Waals surface area contributed by atoms with Gasteiger partial charge in [-0.3, -0.25) is 9.59 Å². The summed E-state index contributed by atoms with van der Waals surface area (Å²) in [6.45, 7) is 8.56. The third-order valence-electron chi connectivity index (χ3n) is 2.18. The van der Waals surface area contributed by atoms with Gasteiger partial charge in [0.05, 0.1) is 0 Å². The van der Waals surface area contributed by atoms with Gasteiger partial charge in [-0.15, -0.1) is 0 Å². The van der Waals surface area contributed by atoms with Gasteiger partial charge >= 0.3 is 11.9 Å². The molecule has 90 valence electrons. The summed E-state index contributed by atoms with van der Waals surface area (Å²) in [6, 6.07) is 0. The van der Waals surface area contributed by atoms with E-state index < -0.39 is 23.6 Å². The van der Waals surface area contributed by atoms with Gasteiger partial charge in [0.15, 0.2) is 0 Å². The van der Waals surface area contributed by atoms with E-state index in [0.29, 0.717) is 0 Å². The molecule has 5 heteroatoms. The van der Waals surface area contributed by atoms with E-state index in [1.165, 1.54) is 0 Å². The number of rotatable bonds is 4. The van der Waals surface area contributed by atoms with Gasteiger partial charge in [-0.05, 0) is 11.8 Å². The first-order valence-electron chi connectivity index (χ1n) is 5.04. The third kappa shape index (κ3) is 5.57. The Bertz CT molecular complexity index is 263. The first kappa shape index (κ1) is 17.9. The minimum atomic E-state index is -1.05. The SMILES string of the molecule is CC(=O)OC(=O)C(=O)C(C(C)C)C(C)C.[Ti]. The van der Waals surface area contributed by atoms with Crippen LogP contribution in [0.4, 0.5) is 0 Å². The zero-order chi connectivity index (χ0) is 12.2. The Labute approximate surface area is 111 Å². The monoisotopic (exact) mass is 262 g/mol. The number of Topliss-reactive ketones (excluding diaryl/α,β-unsaturated/α-hetero) is 1. The number of ether oxygens (including phenoxy) is 1. The van der Waals surface area contributed by atoms with E-state index in [4.69, 9.17) is 0 Å². The van der Waals surface area contributed by atoms with Gasteiger partial charge in [0.1, 0.15) is 0 Å². The maximum absolute atomic E-state index is 11.6. The second-order valence-corrected chi connectivity index (χ2v) is 4.26. The molecule has 16 heavy (non-hydrogen) atoms. The Morgan fingerprint density at radius 3 is 1.56 bits per heavy atom. The van der Waals surface area contributed by atoms with Crippen LogP contribution >= 0.6 is 0 Å². The average Bonchev–Trinajstić information content (AvgIpc) is 2.00. The molecule has 4 nitrogen and oxygen atoms in total. The van der Waals surface area contributed by atoms with Gasteiger partial charge in [0.2, 0.25) is 5.78 Å². The standard InChI is InChI=1S/C11H18O4.Ti/c1-6(2)9(7(3)4)10(13)11(14)15-8(5)12;/h6-7,9H,1-5H3;. The Kier molecular flexibility index (Phi) is 8.66. The topological polar surface area (TPSA) is 60.4 Å². The van der Waals surface area contributed by atoms with Crippen molar-refractivity contribution in [2.75, 3.05) is 0 Å². The van der Waals surface area contributed by atoms with Gasteiger partial charge in [-0.1, -0.05) is 27.7 Å². The molecule has 0 bridgehead atoms. The van der Waals surface area contributed by atoms with E-state index >= 15 is 0 Å². The second-order valence-electron chi connectivity index (χ2n) is 4.26. The normalized spacial score (nSPS) is 10.2. The number of carbonyl (C=O) groups is 3. The van der Waals surface area contributed by atoms with Gasteiger partial charge in [0.25, 0.3) is 0 Å². The zero-order valence-electron chi connectivity index (χ0n) is 10.4. The minimum Gasteiger partial charge on any atom is -0.387 e. The molecule has 0 heterocycles. The van der Waals surface area contributed by atoms with Crippen LogP contribution in [0.2, 0.25) is 0 Å². The molecular weight excluding hydrogens is 244 g/mol. The molecule has 0 aromatic rings. The number of hydrogen-bond acceptors (Lipinski definition) is 4. The van der Waals surface area contributed by atoms with Crippen molar-refractivity contribution in [3.63, 3.8) is 0 Å². The van der Waals surface area contributed by atoms with Crippen molar-refractivity contribution in [1.29, 1.82) is 0 Å². The van der Waals surface area contributed by atoms with Crippen LogP contribution in [0.5, 0.6) is 0 Å². The van der Waals surface area contributed by atoms with E-state index in [9.17, 15) is 14.4 Å². The molecule has 0 radical (unpaired) electrons. The first-order chi connectivity index (χ1) is 6.77. The summed E-state index contributed by atoms with van der Waals surface area (Å²) in [5.74, 6) is -2.70. The Balaban J connectivity index is 0. The average molecular weight is 262 g/mol. The first-order valence-corrected chi connectivity index (χ1v) is 5.04. The molecule has 0 aromatic heterocycles. The van der Waals surface area contributed by atoms with Crippen LogP contribution in [0, 0.1) is 17.8 Å². The molecule has 0 fully saturated rings. The summed E-state index contributed by atoms with van der Waals surface area (Å²) in [4.78, 5) is 33.4. The van der Waals surface area contributed by atoms with Crippen LogP contribution in [-0.2, 0) is 40.8 Å². The zero-order valence-corrected chi connectivity index (χ0v) is 11.9. The molecular formula is C11H18O4Ti. The fourth-order valence-corrected chi connectivity index (χ4v) is 1.69. The summed E-state index contributed by atoms with van der Waals surface area (Å²) < 4.78 is 4.27. The summed E-state index contributed by atoms with van der Waals surface area (Å²) in [5.41, 5.74) is 0. The number of ketones is 1. The molecule has 0 unspecified atom stereocenters. The van der Waals surface area contributed by atoms with Crippen molar-refractivity contribution in [3.8, 4) is 0 Å². The number of esters is 2. The molecule has 0 atom stereocenters. The fraction of sp³-hybridized carbons (Fsp3) is 0.727. The third-order valence-corrected chi connectivity index (χ3v) is 2.18. The summed E-state index contributed by atoms with van der Waals surface area (Å²) in [6.07, 6.45) is 0. The maximum Gasteiger partial charge on any atom is 0.382 e. The van der Waals surface area contributed by atoms with Gasteiger partial charge < -0.3 is 4.74 Å². The molecule has 0 aliphatic carbocycles. The summed E-state index contributed by atoms with van der Waals surface area (Å²) >= 11 is 0.